The standard InChI is InChI=1S/C14H11ClFNO3/c1-7-10(8-3-5-9(16)6-4-8)12(18)11(14(19)20)13(15)17(7)2/h3-6H,1-2H3,(H,19,20). The molecule has 0 amide bonds. The van der Waals surface area contributed by atoms with Gasteiger partial charge in [0.2, 0.25) is 5.43 Å². The van der Waals surface area contributed by atoms with Crippen LogP contribution < -0.4 is 5.43 Å². The maximum absolute atomic E-state index is 13.0. The fraction of sp³-hybridized carbons (Fsp3) is 0.143. The molecule has 0 aliphatic carbocycles. The molecule has 4 nitrogen and oxygen atoms in total. The van der Waals surface area contributed by atoms with Crippen LogP contribution in [0.25, 0.3) is 11.1 Å². The lowest BCUT2D eigenvalue weighted by atomic mass is 10.0. The number of carboxylic acid groups (broad SMARTS) is 1. The first-order valence-electron chi connectivity index (χ1n) is 5.73. The number of benzene rings is 1. The van der Waals surface area contributed by atoms with Gasteiger partial charge >= 0.3 is 5.97 Å². The van der Waals surface area contributed by atoms with Gasteiger partial charge in [0.1, 0.15) is 16.5 Å². The Bertz CT molecular complexity index is 750. The molecule has 0 saturated heterocycles. The summed E-state index contributed by atoms with van der Waals surface area (Å²) in [6, 6.07) is 5.28. The molecule has 1 heterocycles. The maximum Gasteiger partial charge on any atom is 0.342 e. The van der Waals surface area contributed by atoms with Crippen LogP contribution in [0.2, 0.25) is 5.15 Å². The van der Waals surface area contributed by atoms with Crippen LogP contribution in [0.1, 0.15) is 16.1 Å². The van der Waals surface area contributed by atoms with E-state index >= 15 is 0 Å². The van der Waals surface area contributed by atoms with Gasteiger partial charge in [-0.05, 0) is 24.6 Å². The van der Waals surface area contributed by atoms with Crippen LogP contribution in [0.4, 0.5) is 4.39 Å². The van der Waals surface area contributed by atoms with Gasteiger partial charge in [-0.1, -0.05) is 23.7 Å². The molecular weight excluding hydrogens is 285 g/mol. The van der Waals surface area contributed by atoms with Crippen LogP contribution in [-0.2, 0) is 7.05 Å². The molecule has 1 N–H and O–H groups in total. The van der Waals surface area contributed by atoms with E-state index in [-0.39, 0.29) is 10.7 Å². The second-order valence-corrected chi connectivity index (χ2v) is 4.68. The molecule has 0 saturated carbocycles. The molecule has 0 fully saturated rings. The van der Waals surface area contributed by atoms with Gasteiger partial charge in [-0.15, -0.1) is 0 Å². The summed E-state index contributed by atoms with van der Waals surface area (Å²) < 4.78 is 14.4. The summed E-state index contributed by atoms with van der Waals surface area (Å²) in [5, 5.41) is 8.99. The maximum atomic E-state index is 13.0. The molecule has 1 aromatic carbocycles. The predicted molar refractivity (Wildman–Crippen MR) is 73.8 cm³/mol. The third-order valence-electron chi connectivity index (χ3n) is 3.17. The molecule has 2 rings (SSSR count). The van der Waals surface area contributed by atoms with Crippen LogP contribution in [0, 0.1) is 12.7 Å². The SMILES string of the molecule is Cc1c(-c2ccc(F)cc2)c(=O)c(C(=O)O)c(Cl)n1C. The second-order valence-electron chi connectivity index (χ2n) is 4.33. The van der Waals surface area contributed by atoms with E-state index in [1.807, 2.05) is 0 Å². The van der Waals surface area contributed by atoms with E-state index in [9.17, 15) is 14.0 Å². The lowest BCUT2D eigenvalue weighted by Crippen LogP contribution is -2.23. The zero-order chi connectivity index (χ0) is 15.0. The number of halogens is 2. The van der Waals surface area contributed by atoms with Crippen molar-refractivity contribution in [3.63, 3.8) is 0 Å². The van der Waals surface area contributed by atoms with E-state index in [0.29, 0.717) is 11.3 Å². The van der Waals surface area contributed by atoms with E-state index in [1.165, 1.54) is 28.8 Å². The Hall–Kier alpha value is -2.14. The molecule has 0 radical (unpaired) electrons. The van der Waals surface area contributed by atoms with E-state index in [2.05, 4.69) is 0 Å². The first-order valence-corrected chi connectivity index (χ1v) is 6.10. The smallest absolute Gasteiger partial charge is 0.342 e. The minimum atomic E-state index is -1.39. The van der Waals surface area contributed by atoms with Gasteiger partial charge in [0.15, 0.2) is 0 Å². The Morgan fingerprint density at radius 1 is 1.30 bits per heavy atom. The Balaban J connectivity index is 2.86. The van der Waals surface area contributed by atoms with Crippen LogP contribution >= 0.6 is 11.6 Å². The van der Waals surface area contributed by atoms with Crippen molar-refractivity contribution in [2.45, 2.75) is 6.92 Å². The molecule has 0 aliphatic rings. The van der Waals surface area contributed by atoms with E-state index in [4.69, 9.17) is 16.7 Å². The van der Waals surface area contributed by atoms with Crippen LogP contribution in [0.15, 0.2) is 29.1 Å². The highest BCUT2D eigenvalue weighted by Gasteiger charge is 2.22. The lowest BCUT2D eigenvalue weighted by Gasteiger charge is -2.14. The zero-order valence-corrected chi connectivity index (χ0v) is 11.5. The van der Waals surface area contributed by atoms with Gasteiger partial charge in [-0.3, -0.25) is 4.79 Å². The summed E-state index contributed by atoms with van der Waals surface area (Å²) >= 11 is 5.91. The van der Waals surface area contributed by atoms with Crippen LogP contribution in [0.3, 0.4) is 0 Å². The molecule has 0 aliphatic heterocycles. The van der Waals surface area contributed by atoms with Crippen molar-refractivity contribution in [3.8, 4) is 11.1 Å². The van der Waals surface area contributed by atoms with Crippen molar-refractivity contribution >= 4 is 17.6 Å². The zero-order valence-electron chi connectivity index (χ0n) is 10.8. The third-order valence-corrected chi connectivity index (χ3v) is 3.61. The fourth-order valence-corrected chi connectivity index (χ4v) is 2.30. The van der Waals surface area contributed by atoms with Crippen LogP contribution in [0.5, 0.6) is 0 Å². The molecule has 0 unspecified atom stereocenters. The molecule has 2 aromatic rings. The van der Waals surface area contributed by atoms with Gasteiger partial charge in [-0.25, -0.2) is 9.18 Å². The molecule has 104 valence electrons. The molecule has 0 spiro atoms. The van der Waals surface area contributed by atoms with E-state index < -0.39 is 22.8 Å². The van der Waals surface area contributed by atoms with Crippen LogP contribution in [-0.4, -0.2) is 15.6 Å². The van der Waals surface area contributed by atoms with E-state index in [0.717, 1.165) is 0 Å². The van der Waals surface area contributed by atoms with Gasteiger partial charge in [0.05, 0.1) is 0 Å². The number of pyridine rings is 1. The Morgan fingerprint density at radius 2 is 1.85 bits per heavy atom. The summed E-state index contributed by atoms with van der Waals surface area (Å²) in [5.74, 6) is -1.82. The van der Waals surface area contributed by atoms with Crippen molar-refractivity contribution in [2.24, 2.45) is 7.05 Å². The Kier molecular flexibility index (Phi) is 3.63. The molecule has 20 heavy (non-hydrogen) atoms. The van der Waals surface area contributed by atoms with Crippen molar-refractivity contribution in [2.75, 3.05) is 0 Å². The number of carboxylic acids is 1. The largest absolute Gasteiger partial charge is 0.477 e. The first-order chi connectivity index (χ1) is 9.34. The number of carbonyl (C=O) groups is 1. The summed E-state index contributed by atoms with van der Waals surface area (Å²) in [7, 11) is 1.57. The second kappa shape index (κ2) is 5.09. The summed E-state index contributed by atoms with van der Waals surface area (Å²) in [5.41, 5.74) is -0.00150. The molecule has 1 aromatic heterocycles. The van der Waals surface area contributed by atoms with Gasteiger partial charge in [-0.2, -0.15) is 0 Å². The van der Waals surface area contributed by atoms with E-state index in [1.54, 1.807) is 14.0 Å². The average Bonchev–Trinajstić information content (AvgIpc) is 2.38. The monoisotopic (exact) mass is 295 g/mol. The normalized spacial score (nSPS) is 10.6. The predicted octanol–water partition coefficient (Wildman–Crippen LogP) is 2.85. The van der Waals surface area contributed by atoms with Crippen molar-refractivity contribution in [3.05, 3.63) is 56.7 Å². The number of hydrogen-bond acceptors (Lipinski definition) is 2. The number of nitrogens with zero attached hydrogens (tertiary/aromatic N) is 1. The number of rotatable bonds is 2. The number of aromatic carboxylic acids is 1. The Morgan fingerprint density at radius 3 is 2.35 bits per heavy atom. The quantitative estimate of drug-likeness (QED) is 0.867. The van der Waals surface area contributed by atoms with Gasteiger partial charge in [0.25, 0.3) is 0 Å². The van der Waals surface area contributed by atoms with Gasteiger partial charge in [0, 0.05) is 18.3 Å². The minimum Gasteiger partial charge on any atom is -0.477 e. The minimum absolute atomic E-state index is 0.133. The Labute approximate surface area is 119 Å². The van der Waals surface area contributed by atoms with Crippen molar-refractivity contribution < 1.29 is 14.3 Å². The summed E-state index contributed by atoms with van der Waals surface area (Å²) in [4.78, 5) is 23.5. The third kappa shape index (κ3) is 2.20. The van der Waals surface area contributed by atoms with Crippen molar-refractivity contribution in [1.29, 1.82) is 0 Å². The van der Waals surface area contributed by atoms with Gasteiger partial charge < -0.3 is 9.67 Å². The highest BCUT2D eigenvalue weighted by molar-refractivity contribution is 6.32. The first kappa shape index (κ1) is 14.3. The lowest BCUT2D eigenvalue weighted by molar-refractivity contribution is 0.0695. The fourth-order valence-electron chi connectivity index (χ4n) is 2.01. The molecule has 6 heteroatoms. The number of aromatic nitrogens is 1. The summed E-state index contributed by atoms with van der Waals surface area (Å²) in [6.07, 6.45) is 0. The molecule has 0 bridgehead atoms. The van der Waals surface area contributed by atoms with Crippen molar-refractivity contribution in [1.82, 2.24) is 4.57 Å². The topological polar surface area (TPSA) is 59.3 Å². The highest BCUT2D eigenvalue weighted by atomic mass is 35.5. The summed E-state index contributed by atoms with van der Waals surface area (Å²) in [6.45, 7) is 1.65. The average molecular weight is 296 g/mol. The highest BCUT2D eigenvalue weighted by Crippen LogP contribution is 2.24. The molecular formula is C14H11ClFNO3. The molecule has 0 atom stereocenters. The number of hydrogen-bond donors (Lipinski definition) is 1.